The lowest BCUT2D eigenvalue weighted by atomic mass is 10.1. The first-order chi connectivity index (χ1) is 9.58. The maximum Gasteiger partial charge on any atom is 0.178 e. The van der Waals surface area contributed by atoms with E-state index in [0.29, 0.717) is 10.5 Å². The van der Waals surface area contributed by atoms with E-state index in [0.717, 1.165) is 19.3 Å². The number of hydrogen-bond donors (Lipinski definition) is 0. The third-order valence-corrected chi connectivity index (χ3v) is 5.47. The normalized spacial score (nSPS) is 11.7. The molecule has 0 amide bonds. The SMILES string of the molecule is [CH2]c1ccccc1S(=O)(=O)CCCCCCCCCC. The molecule has 0 aromatic heterocycles. The highest BCUT2D eigenvalue weighted by Crippen LogP contribution is 2.18. The largest absolute Gasteiger partial charge is 0.224 e. The maximum atomic E-state index is 12.2. The number of hydrogen-bond acceptors (Lipinski definition) is 2. The molecule has 0 aliphatic rings. The van der Waals surface area contributed by atoms with Gasteiger partial charge in [0.25, 0.3) is 0 Å². The second-order valence-electron chi connectivity index (χ2n) is 5.40. The van der Waals surface area contributed by atoms with Crippen molar-refractivity contribution in [1.29, 1.82) is 0 Å². The van der Waals surface area contributed by atoms with Crippen LogP contribution in [0.5, 0.6) is 0 Å². The zero-order chi connectivity index (χ0) is 14.8. The zero-order valence-electron chi connectivity index (χ0n) is 12.6. The fraction of sp³-hybridized carbons (Fsp3) is 0.588. The Morgan fingerprint density at radius 3 is 2.05 bits per heavy atom. The fourth-order valence-corrected chi connectivity index (χ4v) is 3.90. The lowest BCUT2D eigenvalue weighted by molar-refractivity contribution is 0.572. The van der Waals surface area contributed by atoms with Crippen molar-refractivity contribution in [2.45, 2.75) is 63.2 Å². The lowest BCUT2D eigenvalue weighted by Gasteiger charge is -2.07. The Morgan fingerprint density at radius 2 is 1.45 bits per heavy atom. The van der Waals surface area contributed by atoms with E-state index in [-0.39, 0.29) is 5.75 Å². The van der Waals surface area contributed by atoms with Gasteiger partial charge in [-0.25, -0.2) is 8.42 Å². The van der Waals surface area contributed by atoms with Crippen molar-refractivity contribution in [2.24, 2.45) is 0 Å². The van der Waals surface area contributed by atoms with Gasteiger partial charge in [-0.2, -0.15) is 0 Å². The average Bonchev–Trinajstić information content (AvgIpc) is 2.42. The van der Waals surface area contributed by atoms with Crippen LogP contribution in [0.1, 0.15) is 63.9 Å². The first-order valence-corrected chi connectivity index (χ1v) is 9.37. The van der Waals surface area contributed by atoms with E-state index < -0.39 is 9.84 Å². The third kappa shape index (κ3) is 6.08. The Balaban J connectivity index is 2.26. The summed E-state index contributed by atoms with van der Waals surface area (Å²) >= 11 is 0. The second-order valence-corrected chi connectivity index (χ2v) is 7.48. The van der Waals surface area contributed by atoms with Gasteiger partial charge in [0.1, 0.15) is 0 Å². The molecule has 1 aromatic rings. The van der Waals surface area contributed by atoms with Crippen molar-refractivity contribution in [3.8, 4) is 0 Å². The lowest BCUT2D eigenvalue weighted by Crippen LogP contribution is -2.08. The molecular formula is C17H27O2S. The van der Waals surface area contributed by atoms with Gasteiger partial charge in [0.2, 0.25) is 0 Å². The first kappa shape index (κ1) is 17.2. The minimum atomic E-state index is -3.15. The molecule has 0 N–H and O–H groups in total. The van der Waals surface area contributed by atoms with Gasteiger partial charge in [0, 0.05) is 0 Å². The quantitative estimate of drug-likeness (QED) is 0.582. The van der Waals surface area contributed by atoms with E-state index in [1.807, 2.05) is 6.07 Å². The molecule has 0 atom stereocenters. The molecule has 0 bridgehead atoms. The van der Waals surface area contributed by atoms with Gasteiger partial charge in [-0.3, -0.25) is 0 Å². The fourth-order valence-electron chi connectivity index (χ4n) is 2.34. The summed E-state index contributed by atoms with van der Waals surface area (Å²) in [5, 5.41) is 0. The summed E-state index contributed by atoms with van der Waals surface area (Å²) in [4.78, 5) is 0.392. The van der Waals surface area contributed by atoms with Gasteiger partial charge in [0.05, 0.1) is 10.6 Å². The summed E-state index contributed by atoms with van der Waals surface area (Å²) in [5.74, 6) is 0.245. The molecule has 0 aliphatic heterocycles. The highest BCUT2D eigenvalue weighted by molar-refractivity contribution is 7.91. The number of sulfone groups is 1. The Labute approximate surface area is 124 Å². The van der Waals surface area contributed by atoms with E-state index in [1.54, 1.807) is 18.2 Å². The number of rotatable bonds is 10. The van der Waals surface area contributed by atoms with Crippen molar-refractivity contribution in [3.63, 3.8) is 0 Å². The molecule has 0 aliphatic carbocycles. The smallest absolute Gasteiger partial charge is 0.178 e. The van der Waals surface area contributed by atoms with Gasteiger partial charge < -0.3 is 0 Å². The molecule has 20 heavy (non-hydrogen) atoms. The molecule has 2 nitrogen and oxygen atoms in total. The van der Waals surface area contributed by atoms with Crippen LogP contribution in [0.2, 0.25) is 0 Å². The van der Waals surface area contributed by atoms with Crippen LogP contribution >= 0.6 is 0 Å². The molecule has 0 fully saturated rings. The zero-order valence-corrected chi connectivity index (χ0v) is 13.4. The summed E-state index contributed by atoms with van der Waals surface area (Å²) in [6, 6.07) is 6.98. The average molecular weight is 295 g/mol. The molecule has 1 radical (unpaired) electrons. The van der Waals surface area contributed by atoms with Gasteiger partial charge in [-0.15, -0.1) is 0 Å². The van der Waals surface area contributed by atoms with Crippen LogP contribution < -0.4 is 0 Å². The highest BCUT2D eigenvalue weighted by atomic mass is 32.2. The molecule has 0 unspecified atom stereocenters. The van der Waals surface area contributed by atoms with Crippen molar-refractivity contribution in [2.75, 3.05) is 5.75 Å². The van der Waals surface area contributed by atoms with Crippen LogP contribution in [0.15, 0.2) is 29.2 Å². The minimum Gasteiger partial charge on any atom is -0.224 e. The van der Waals surface area contributed by atoms with Gasteiger partial charge >= 0.3 is 0 Å². The van der Waals surface area contributed by atoms with Crippen molar-refractivity contribution >= 4 is 9.84 Å². The summed E-state index contributed by atoms with van der Waals surface area (Å²) in [6.45, 7) is 6.01. The third-order valence-electron chi connectivity index (χ3n) is 3.57. The van der Waals surface area contributed by atoms with E-state index in [2.05, 4.69) is 13.8 Å². The van der Waals surface area contributed by atoms with Crippen molar-refractivity contribution in [1.82, 2.24) is 0 Å². The molecule has 3 heteroatoms. The van der Waals surface area contributed by atoms with E-state index in [9.17, 15) is 8.42 Å². The predicted molar refractivity (Wildman–Crippen MR) is 85.6 cm³/mol. The Morgan fingerprint density at radius 1 is 0.900 bits per heavy atom. The van der Waals surface area contributed by atoms with E-state index in [4.69, 9.17) is 0 Å². The molecule has 113 valence electrons. The Bertz CT molecular complexity index is 478. The molecule has 0 spiro atoms. The number of unbranched alkanes of at least 4 members (excludes halogenated alkanes) is 7. The van der Waals surface area contributed by atoms with Crippen molar-refractivity contribution < 1.29 is 8.42 Å². The summed E-state index contributed by atoms with van der Waals surface area (Å²) in [6.07, 6.45) is 9.30. The highest BCUT2D eigenvalue weighted by Gasteiger charge is 2.15. The maximum absolute atomic E-state index is 12.2. The number of benzene rings is 1. The second kappa shape index (κ2) is 9.17. The summed E-state index contributed by atoms with van der Waals surface area (Å²) in [5.41, 5.74) is 0.604. The summed E-state index contributed by atoms with van der Waals surface area (Å²) < 4.78 is 24.4. The predicted octanol–water partition coefficient (Wildman–Crippen LogP) is 4.78. The molecule has 1 rings (SSSR count). The topological polar surface area (TPSA) is 34.1 Å². The van der Waals surface area contributed by atoms with Gasteiger partial charge in [0.15, 0.2) is 9.84 Å². The van der Waals surface area contributed by atoms with Crippen LogP contribution in [0.4, 0.5) is 0 Å². The van der Waals surface area contributed by atoms with E-state index in [1.165, 1.54) is 32.1 Å². The minimum absolute atomic E-state index is 0.245. The van der Waals surface area contributed by atoms with Gasteiger partial charge in [-0.05, 0) is 25.0 Å². The molecule has 0 heterocycles. The van der Waals surface area contributed by atoms with Crippen LogP contribution in [0, 0.1) is 6.92 Å². The first-order valence-electron chi connectivity index (χ1n) is 7.71. The van der Waals surface area contributed by atoms with Crippen LogP contribution in [-0.4, -0.2) is 14.2 Å². The van der Waals surface area contributed by atoms with Crippen LogP contribution in [0.3, 0.4) is 0 Å². The summed E-state index contributed by atoms with van der Waals surface area (Å²) in [7, 11) is -3.15. The van der Waals surface area contributed by atoms with Crippen LogP contribution in [-0.2, 0) is 9.84 Å². The Kier molecular flexibility index (Phi) is 7.90. The van der Waals surface area contributed by atoms with Crippen molar-refractivity contribution in [3.05, 3.63) is 36.8 Å². The molecule has 0 saturated carbocycles. The molecule has 0 saturated heterocycles. The monoisotopic (exact) mass is 295 g/mol. The molecular weight excluding hydrogens is 268 g/mol. The standard InChI is InChI=1S/C17H27O2S/c1-3-4-5-6-7-8-9-12-15-20(18,19)17-14-11-10-13-16(17)2/h10-11,13-14H,2-9,12,15H2,1H3. The van der Waals surface area contributed by atoms with E-state index >= 15 is 0 Å². The Hall–Kier alpha value is -0.830. The molecule has 1 aromatic carbocycles. The van der Waals surface area contributed by atoms with Crippen LogP contribution in [0.25, 0.3) is 0 Å². The van der Waals surface area contributed by atoms with Gasteiger partial charge in [-0.1, -0.05) is 70.1 Å².